The maximum absolute atomic E-state index is 11.6. The van der Waals surface area contributed by atoms with Crippen molar-refractivity contribution in [3.8, 4) is 5.75 Å². The number of hydrogen-bond acceptors (Lipinski definition) is 6. The van der Waals surface area contributed by atoms with E-state index in [0.717, 1.165) is 11.1 Å². The quantitative estimate of drug-likeness (QED) is 0.265. The Labute approximate surface area is 171 Å². The molecule has 0 bridgehead atoms. The first-order chi connectivity index (χ1) is 11.4. The van der Waals surface area contributed by atoms with Crippen LogP contribution in [0.1, 0.15) is 56.1 Å². The molecule has 0 N–H and O–H groups in total. The van der Waals surface area contributed by atoms with E-state index < -0.39 is 8.25 Å². The molecule has 25 heavy (non-hydrogen) atoms. The summed E-state index contributed by atoms with van der Waals surface area (Å²) >= 11 is 0. The first-order valence-electron chi connectivity index (χ1n) is 8.03. The molecule has 0 aliphatic heterocycles. The first kappa shape index (κ1) is 22.6. The van der Waals surface area contributed by atoms with Crippen LogP contribution in [-0.4, -0.2) is 19.9 Å². The van der Waals surface area contributed by atoms with E-state index in [1.807, 2.05) is 25.1 Å². The van der Waals surface area contributed by atoms with Gasteiger partial charge in [-0.3, -0.25) is 4.79 Å². The summed E-state index contributed by atoms with van der Waals surface area (Å²) in [4.78, 5) is 22.2. The summed E-state index contributed by atoms with van der Waals surface area (Å²) in [5.74, 6) is 1.14. The van der Waals surface area contributed by atoms with Gasteiger partial charge in [-0.15, -0.1) is 4.52 Å². The molecular weight excluding hydrogens is 354 g/mol. The molecule has 1 saturated carbocycles. The van der Waals surface area contributed by atoms with Crippen LogP contribution in [0.25, 0.3) is 0 Å². The third-order valence-corrected chi connectivity index (χ3v) is 4.80. The van der Waals surface area contributed by atoms with Crippen molar-refractivity contribution in [1.29, 1.82) is 0 Å². The SMILES string of the molecule is COC(=O)CC(C)c1cccc(C(C)C2CC2)c1OCO[P+](=O)[O-].[Na+]. The minimum Gasteiger partial charge on any atom is -0.566 e. The van der Waals surface area contributed by atoms with Crippen molar-refractivity contribution in [1.82, 2.24) is 0 Å². The second-order valence-electron chi connectivity index (χ2n) is 6.19. The Bertz CT molecular complexity index is 605. The molecule has 0 saturated heterocycles. The van der Waals surface area contributed by atoms with Gasteiger partial charge < -0.3 is 14.4 Å². The normalized spacial score (nSPS) is 16.4. The summed E-state index contributed by atoms with van der Waals surface area (Å²) in [5.41, 5.74) is 1.88. The average Bonchev–Trinajstić information content (AvgIpc) is 3.38. The molecular formula is C17H23NaO6P+. The number of ether oxygens (including phenoxy) is 2. The molecule has 8 heteroatoms. The van der Waals surface area contributed by atoms with E-state index in [2.05, 4.69) is 11.4 Å². The summed E-state index contributed by atoms with van der Waals surface area (Å²) in [6.07, 6.45) is 2.60. The van der Waals surface area contributed by atoms with Crippen LogP contribution in [0.4, 0.5) is 0 Å². The maximum atomic E-state index is 11.6. The van der Waals surface area contributed by atoms with E-state index in [9.17, 15) is 14.3 Å². The summed E-state index contributed by atoms with van der Waals surface area (Å²) < 4.78 is 25.5. The van der Waals surface area contributed by atoms with Crippen molar-refractivity contribution in [2.75, 3.05) is 13.9 Å². The molecule has 0 amide bonds. The van der Waals surface area contributed by atoms with Gasteiger partial charge in [0, 0.05) is 0 Å². The average molecular weight is 377 g/mol. The molecule has 1 aliphatic rings. The minimum absolute atomic E-state index is 0. The van der Waals surface area contributed by atoms with Gasteiger partial charge in [0.15, 0.2) is 0 Å². The van der Waals surface area contributed by atoms with Crippen LogP contribution >= 0.6 is 8.25 Å². The van der Waals surface area contributed by atoms with E-state index in [0.29, 0.717) is 17.6 Å². The van der Waals surface area contributed by atoms with Crippen molar-refractivity contribution in [3.05, 3.63) is 29.3 Å². The number of hydrogen-bond donors (Lipinski definition) is 0. The predicted octanol–water partition coefficient (Wildman–Crippen LogP) is 0.241. The van der Waals surface area contributed by atoms with E-state index in [1.54, 1.807) is 0 Å². The zero-order valence-corrected chi connectivity index (χ0v) is 18.1. The van der Waals surface area contributed by atoms with E-state index in [4.69, 9.17) is 9.47 Å². The van der Waals surface area contributed by atoms with Crippen molar-refractivity contribution in [2.24, 2.45) is 5.92 Å². The van der Waals surface area contributed by atoms with Crippen LogP contribution in [0.3, 0.4) is 0 Å². The second kappa shape index (κ2) is 10.6. The first-order valence-corrected chi connectivity index (χ1v) is 9.13. The van der Waals surface area contributed by atoms with Crippen molar-refractivity contribution >= 4 is 14.2 Å². The molecule has 2 rings (SSSR count). The van der Waals surface area contributed by atoms with Gasteiger partial charge in [-0.05, 0) is 46.3 Å². The third kappa shape index (κ3) is 6.63. The molecule has 0 aromatic heterocycles. The number of carbonyl (C=O) groups is 1. The van der Waals surface area contributed by atoms with E-state index >= 15 is 0 Å². The molecule has 0 heterocycles. The standard InChI is InChI=1S/C17H23O6P.Na/c1-11(9-16(18)21-3)14-5-4-6-15(12(2)13-7-8-13)17(14)22-10-23-24(19)20;/h4-6,11-13H,7-10H2,1-3H3;/q;+1. The van der Waals surface area contributed by atoms with Gasteiger partial charge in [-0.1, -0.05) is 32.0 Å². The minimum atomic E-state index is -2.96. The Hall–Kier alpha value is -0.490. The zero-order valence-electron chi connectivity index (χ0n) is 15.2. The van der Waals surface area contributed by atoms with Gasteiger partial charge in [-0.2, -0.15) is 0 Å². The Morgan fingerprint density at radius 1 is 1.32 bits per heavy atom. The Morgan fingerprint density at radius 2 is 1.96 bits per heavy atom. The maximum Gasteiger partial charge on any atom is 1.00 e. The molecule has 1 fully saturated rings. The number of methoxy groups -OCH3 is 1. The molecule has 0 radical (unpaired) electrons. The van der Waals surface area contributed by atoms with Crippen molar-refractivity contribution in [3.63, 3.8) is 0 Å². The Morgan fingerprint density at radius 3 is 2.52 bits per heavy atom. The smallest absolute Gasteiger partial charge is 0.566 e. The van der Waals surface area contributed by atoms with Gasteiger partial charge in [0.2, 0.25) is 6.79 Å². The van der Waals surface area contributed by atoms with Crippen molar-refractivity contribution in [2.45, 2.75) is 44.9 Å². The van der Waals surface area contributed by atoms with Gasteiger partial charge in [-0.25, -0.2) is 0 Å². The fourth-order valence-electron chi connectivity index (χ4n) is 2.91. The van der Waals surface area contributed by atoms with E-state index in [-0.39, 0.29) is 54.7 Å². The van der Waals surface area contributed by atoms with Gasteiger partial charge in [0.25, 0.3) is 0 Å². The third-order valence-electron chi connectivity index (χ3n) is 4.49. The molecule has 0 spiro atoms. The largest absolute Gasteiger partial charge is 1.00 e. The Balaban J connectivity index is 0.00000312. The Kier molecular flexibility index (Phi) is 9.57. The molecule has 3 atom stereocenters. The number of para-hydroxylation sites is 1. The predicted molar refractivity (Wildman–Crippen MR) is 86.8 cm³/mol. The summed E-state index contributed by atoms with van der Waals surface area (Å²) in [5, 5.41) is 0. The fourth-order valence-corrected chi connectivity index (χ4v) is 3.05. The molecule has 1 aliphatic carbocycles. The van der Waals surface area contributed by atoms with Gasteiger partial charge in [0.1, 0.15) is 5.75 Å². The van der Waals surface area contributed by atoms with Crippen LogP contribution in [0.5, 0.6) is 5.75 Å². The molecule has 1 aromatic rings. The second-order valence-corrected chi connectivity index (χ2v) is 6.89. The molecule has 3 unspecified atom stereocenters. The molecule has 1 aromatic carbocycles. The summed E-state index contributed by atoms with van der Waals surface area (Å²) in [6.45, 7) is 3.69. The summed E-state index contributed by atoms with van der Waals surface area (Å²) in [7, 11) is -1.60. The number of esters is 1. The zero-order chi connectivity index (χ0) is 17.7. The van der Waals surface area contributed by atoms with Crippen LogP contribution in [-0.2, 0) is 18.6 Å². The van der Waals surface area contributed by atoms with Crippen LogP contribution in [0.2, 0.25) is 0 Å². The van der Waals surface area contributed by atoms with Gasteiger partial charge >= 0.3 is 43.8 Å². The molecule has 6 nitrogen and oxygen atoms in total. The summed E-state index contributed by atoms with van der Waals surface area (Å²) in [6, 6.07) is 5.83. The number of benzene rings is 1. The fraction of sp³-hybridized carbons (Fsp3) is 0.588. The van der Waals surface area contributed by atoms with Crippen LogP contribution < -0.4 is 39.2 Å². The number of rotatable bonds is 9. The van der Waals surface area contributed by atoms with Gasteiger partial charge in [0.05, 0.1) is 13.5 Å². The topological polar surface area (TPSA) is 84.9 Å². The van der Waals surface area contributed by atoms with Crippen molar-refractivity contribution < 1.29 is 57.8 Å². The number of carbonyl (C=O) groups excluding carboxylic acids is 1. The van der Waals surface area contributed by atoms with Crippen LogP contribution in [0, 0.1) is 5.92 Å². The monoisotopic (exact) mass is 377 g/mol. The molecule has 132 valence electrons. The van der Waals surface area contributed by atoms with E-state index in [1.165, 1.54) is 20.0 Å². The van der Waals surface area contributed by atoms with Crippen LogP contribution in [0.15, 0.2) is 18.2 Å².